The maximum absolute atomic E-state index is 10.4. The van der Waals surface area contributed by atoms with Crippen LogP contribution in [0.15, 0.2) is 18.2 Å². The van der Waals surface area contributed by atoms with Crippen molar-refractivity contribution in [3.63, 3.8) is 0 Å². The zero-order valence-electron chi connectivity index (χ0n) is 7.87. The standard InChI is InChI=1S/C11H11NO2/c1-8-2-3-9(4-5-11(12)14)6-10(8)7-13/h2-3,6,13H,7H2,1H3,(H2,12,14). The van der Waals surface area contributed by atoms with Crippen molar-refractivity contribution in [3.05, 3.63) is 34.9 Å². The van der Waals surface area contributed by atoms with Gasteiger partial charge in [0.25, 0.3) is 5.91 Å². The van der Waals surface area contributed by atoms with Crippen LogP contribution in [0.4, 0.5) is 0 Å². The first-order valence-electron chi connectivity index (χ1n) is 4.15. The summed E-state index contributed by atoms with van der Waals surface area (Å²) in [4.78, 5) is 10.4. The lowest BCUT2D eigenvalue weighted by atomic mass is 10.1. The first-order valence-corrected chi connectivity index (χ1v) is 4.15. The zero-order chi connectivity index (χ0) is 10.6. The smallest absolute Gasteiger partial charge is 0.293 e. The number of hydrogen-bond donors (Lipinski definition) is 2. The summed E-state index contributed by atoms with van der Waals surface area (Å²) in [5.41, 5.74) is 7.36. The average molecular weight is 189 g/mol. The van der Waals surface area contributed by atoms with E-state index in [1.807, 2.05) is 13.0 Å². The van der Waals surface area contributed by atoms with E-state index in [0.29, 0.717) is 5.56 Å². The summed E-state index contributed by atoms with van der Waals surface area (Å²) in [5.74, 6) is 4.19. The molecule has 0 atom stereocenters. The Bertz CT molecular complexity index is 413. The number of carbonyl (C=O) groups excluding carboxylic acids is 1. The zero-order valence-corrected chi connectivity index (χ0v) is 7.87. The van der Waals surface area contributed by atoms with Crippen molar-refractivity contribution in [2.45, 2.75) is 13.5 Å². The number of aryl methyl sites for hydroxylation is 1. The molecule has 0 aliphatic heterocycles. The van der Waals surface area contributed by atoms with Crippen molar-refractivity contribution in [2.75, 3.05) is 0 Å². The highest BCUT2D eigenvalue weighted by molar-refractivity contribution is 5.92. The van der Waals surface area contributed by atoms with E-state index < -0.39 is 5.91 Å². The van der Waals surface area contributed by atoms with Gasteiger partial charge in [0.05, 0.1) is 6.61 Å². The van der Waals surface area contributed by atoms with Crippen LogP contribution >= 0.6 is 0 Å². The third-order valence-electron chi connectivity index (χ3n) is 1.85. The van der Waals surface area contributed by atoms with Crippen LogP contribution in [0.3, 0.4) is 0 Å². The van der Waals surface area contributed by atoms with Gasteiger partial charge < -0.3 is 10.8 Å². The predicted octanol–water partition coefficient (Wildman–Crippen LogP) is 0.324. The van der Waals surface area contributed by atoms with Crippen LogP contribution in [0.5, 0.6) is 0 Å². The summed E-state index contributed by atoms with van der Waals surface area (Å²) in [7, 11) is 0. The molecule has 3 N–H and O–H groups in total. The highest BCUT2D eigenvalue weighted by Gasteiger charge is 1.97. The maximum atomic E-state index is 10.4. The quantitative estimate of drug-likeness (QED) is 0.625. The molecular weight excluding hydrogens is 178 g/mol. The second kappa shape index (κ2) is 4.45. The molecular formula is C11H11NO2. The molecule has 1 rings (SSSR count). The molecule has 72 valence electrons. The summed E-state index contributed by atoms with van der Waals surface area (Å²) in [6, 6.07) is 5.37. The molecule has 0 spiro atoms. The molecule has 0 fully saturated rings. The Hall–Kier alpha value is -1.79. The number of aliphatic hydroxyl groups is 1. The fourth-order valence-corrected chi connectivity index (χ4v) is 1.05. The van der Waals surface area contributed by atoms with E-state index in [1.165, 1.54) is 0 Å². The van der Waals surface area contributed by atoms with Gasteiger partial charge in [0.2, 0.25) is 0 Å². The second-order valence-electron chi connectivity index (χ2n) is 2.91. The van der Waals surface area contributed by atoms with Gasteiger partial charge in [-0.15, -0.1) is 0 Å². The van der Waals surface area contributed by atoms with Crippen LogP contribution in [-0.4, -0.2) is 11.0 Å². The van der Waals surface area contributed by atoms with Crippen LogP contribution in [0.1, 0.15) is 16.7 Å². The monoisotopic (exact) mass is 189 g/mol. The Morgan fingerprint density at radius 1 is 1.57 bits per heavy atom. The van der Waals surface area contributed by atoms with Gasteiger partial charge in [0.1, 0.15) is 0 Å². The molecule has 1 aromatic rings. The molecule has 0 unspecified atom stereocenters. The van der Waals surface area contributed by atoms with Crippen LogP contribution in [0.2, 0.25) is 0 Å². The topological polar surface area (TPSA) is 63.3 Å². The van der Waals surface area contributed by atoms with E-state index in [4.69, 9.17) is 10.8 Å². The number of amides is 1. The largest absolute Gasteiger partial charge is 0.392 e. The SMILES string of the molecule is Cc1ccc(C#CC(N)=O)cc1CO. The van der Waals surface area contributed by atoms with Crippen molar-refractivity contribution in [1.29, 1.82) is 0 Å². The van der Waals surface area contributed by atoms with Crippen LogP contribution in [0.25, 0.3) is 0 Å². The minimum atomic E-state index is -0.656. The van der Waals surface area contributed by atoms with Gasteiger partial charge >= 0.3 is 0 Å². The molecule has 0 saturated heterocycles. The van der Waals surface area contributed by atoms with Crippen molar-refractivity contribution in [2.24, 2.45) is 5.73 Å². The molecule has 1 aromatic carbocycles. The summed E-state index contributed by atoms with van der Waals surface area (Å²) < 4.78 is 0. The van der Waals surface area contributed by atoms with E-state index in [2.05, 4.69) is 11.8 Å². The minimum Gasteiger partial charge on any atom is -0.392 e. The summed E-state index contributed by atoms with van der Waals surface area (Å²) in [6.45, 7) is 1.87. The first-order chi connectivity index (χ1) is 6.63. The number of hydrogen-bond acceptors (Lipinski definition) is 2. The predicted molar refractivity (Wildman–Crippen MR) is 53.2 cm³/mol. The third-order valence-corrected chi connectivity index (χ3v) is 1.85. The summed E-state index contributed by atoms with van der Waals surface area (Å²) in [5, 5.41) is 8.98. The second-order valence-corrected chi connectivity index (χ2v) is 2.91. The summed E-state index contributed by atoms with van der Waals surface area (Å²) >= 11 is 0. The lowest BCUT2D eigenvalue weighted by Crippen LogP contribution is -2.06. The Morgan fingerprint density at radius 2 is 2.29 bits per heavy atom. The molecule has 3 nitrogen and oxygen atoms in total. The molecule has 0 aliphatic rings. The summed E-state index contributed by atoms with van der Waals surface area (Å²) in [6.07, 6.45) is 0. The highest BCUT2D eigenvalue weighted by atomic mass is 16.3. The lowest BCUT2D eigenvalue weighted by molar-refractivity contribution is -0.112. The van der Waals surface area contributed by atoms with Crippen molar-refractivity contribution in [1.82, 2.24) is 0 Å². The Balaban J connectivity index is 3.03. The van der Waals surface area contributed by atoms with E-state index in [9.17, 15) is 4.79 Å². The van der Waals surface area contributed by atoms with Gasteiger partial charge in [0.15, 0.2) is 0 Å². The maximum Gasteiger partial charge on any atom is 0.293 e. The molecule has 3 heteroatoms. The normalized spacial score (nSPS) is 9.00. The molecule has 14 heavy (non-hydrogen) atoms. The first kappa shape index (κ1) is 10.3. The molecule has 0 aromatic heterocycles. The van der Waals surface area contributed by atoms with Crippen molar-refractivity contribution < 1.29 is 9.90 Å². The number of rotatable bonds is 1. The Morgan fingerprint density at radius 3 is 2.86 bits per heavy atom. The Labute approximate surface area is 82.6 Å². The molecule has 0 radical (unpaired) electrons. The molecule has 0 heterocycles. The van der Waals surface area contributed by atoms with Gasteiger partial charge in [0, 0.05) is 5.56 Å². The van der Waals surface area contributed by atoms with Crippen LogP contribution in [-0.2, 0) is 11.4 Å². The van der Waals surface area contributed by atoms with Gasteiger partial charge in [-0.25, -0.2) is 0 Å². The van der Waals surface area contributed by atoms with Crippen molar-refractivity contribution >= 4 is 5.91 Å². The van der Waals surface area contributed by atoms with Crippen LogP contribution < -0.4 is 5.73 Å². The van der Waals surface area contributed by atoms with E-state index in [0.717, 1.165) is 11.1 Å². The van der Waals surface area contributed by atoms with Gasteiger partial charge in [-0.05, 0) is 36.1 Å². The fraction of sp³-hybridized carbons (Fsp3) is 0.182. The van der Waals surface area contributed by atoms with Crippen molar-refractivity contribution in [3.8, 4) is 11.8 Å². The fourth-order valence-electron chi connectivity index (χ4n) is 1.05. The number of aliphatic hydroxyl groups excluding tert-OH is 1. The Kier molecular flexibility index (Phi) is 3.27. The van der Waals surface area contributed by atoms with E-state index >= 15 is 0 Å². The van der Waals surface area contributed by atoms with E-state index in [1.54, 1.807) is 12.1 Å². The number of primary amides is 1. The molecule has 0 saturated carbocycles. The minimum absolute atomic E-state index is 0.0298. The third kappa shape index (κ3) is 2.61. The lowest BCUT2D eigenvalue weighted by Gasteiger charge is -2.01. The number of carbonyl (C=O) groups is 1. The van der Waals surface area contributed by atoms with Gasteiger partial charge in [-0.2, -0.15) is 0 Å². The van der Waals surface area contributed by atoms with Gasteiger partial charge in [-0.1, -0.05) is 12.0 Å². The van der Waals surface area contributed by atoms with Gasteiger partial charge in [-0.3, -0.25) is 4.79 Å². The molecule has 0 aliphatic carbocycles. The number of benzene rings is 1. The number of nitrogens with two attached hydrogens (primary N) is 1. The molecule has 1 amide bonds. The molecule has 0 bridgehead atoms. The van der Waals surface area contributed by atoms with Crippen LogP contribution in [0, 0.1) is 18.8 Å². The highest BCUT2D eigenvalue weighted by Crippen LogP contribution is 2.09. The average Bonchev–Trinajstić information content (AvgIpc) is 2.16. The van der Waals surface area contributed by atoms with E-state index in [-0.39, 0.29) is 6.61 Å².